The van der Waals surface area contributed by atoms with Crippen LogP contribution in [-0.4, -0.2) is 5.11 Å². The lowest BCUT2D eigenvalue weighted by atomic mass is 10.2. The Bertz CT molecular complexity index is 215. The molecule has 0 rings (SSSR count). The number of aliphatic hydroxyl groups is 1. The van der Waals surface area contributed by atoms with E-state index in [0.29, 0.717) is 5.57 Å². The molecule has 0 aromatic rings. The summed E-state index contributed by atoms with van der Waals surface area (Å²) < 4.78 is 0. The van der Waals surface area contributed by atoms with Crippen LogP contribution < -0.4 is 0 Å². The second-order valence-corrected chi connectivity index (χ2v) is 2.58. The van der Waals surface area contributed by atoms with Crippen LogP contribution in [0.2, 0.25) is 0 Å². The van der Waals surface area contributed by atoms with Crippen molar-refractivity contribution >= 4 is 0 Å². The van der Waals surface area contributed by atoms with Crippen molar-refractivity contribution in [3.8, 4) is 0 Å². The molecular formula is C10H14O. The molecule has 0 spiro atoms. The van der Waals surface area contributed by atoms with Gasteiger partial charge >= 0.3 is 0 Å². The lowest BCUT2D eigenvalue weighted by molar-refractivity contribution is 0.429. The standard InChI is InChI=1S/C10H14O/c1-8(2)6-5-7-9(3)10(4)11/h5-7,11H,3-4H2,1-2H3/b7-5-. The first kappa shape index (κ1) is 9.76. The first-order chi connectivity index (χ1) is 5.04. The first-order valence-electron chi connectivity index (χ1n) is 3.42. The number of rotatable bonds is 3. The van der Waals surface area contributed by atoms with Gasteiger partial charge in [0.1, 0.15) is 5.76 Å². The second kappa shape index (κ2) is 4.56. The average molecular weight is 150 g/mol. The van der Waals surface area contributed by atoms with Crippen LogP contribution in [0.1, 0.15) is 13.8 Å². The van der Waals surface area contributed by atoms with E-state index in [-0.39, 0.29) is 5.76 Å². The number of hydrogen-bond donors (Lipinski definition) is 1. The topological polar surface area (TPSA) is 20.2 Å². The quantitative estimate of drug-likeness (QED) is 0.484. The van der Waals surface area contributed by atoms with Crippen LogP contribution in [0, 0.1) is 0 Å². The Balaban J connectivity index is 4.05. The van der Waals surface area contributed by atoms with Gasteiger partial charge in [-0.1, -0.05) is 37.0 Å². The maximum atomic E-state index is 8.82. The van der Waals surface area contributed by atoms with Crippen molar-refractivity contribution in [2.24, 2.45) is 0 Å². The molecule has 0 saturated heterocycles. The third-order valence-corrected chi connectivity index (χ3v) is 1.10. The molecule has 0 radical (unpaired) electrons. The minimum Gasteiger partial charge on any atom is -0.508 e. The molecule has 0 aliphatic heterocycles. The summed E-state index contributed by atoms with van der Waals surface area (Å²) in [6.45, 7) is 10.9. The Kier molecular flexibility index (Phi) is 4.04. The molecule has 0 atom stereocenters. The lowest BCUT2D eigenvalue weighted by Crippen LogP contribution is -1.77. The van der Waals surface area contributed by atoms with Gasteiger partial charge in [-0.15, -0.1) is 0 Å². The fourth-order valence-electron chi connectivity index (χ4n) is 0.453. The van der Waals surface area contributed by atoms with Crippen LogP contribution in [0.3, 0.4) is 0 Å². The van der Waals surface area contributed by atoms with Crippen molar-refractivity contribution < 1.29 is 5.11 Å². The van der Waals surface area contributed by atoms with Crippen LogP contribution in [0.15, 0.2) is 48.3 Å². The molecule has 0 amide bonds. The van der Waals surface area contributed by atoms with Gasteiger partial charge < -0.3 is 5.11 Å². The fraction of sp³-hybridized carbons (Fsp3) is 0.200. The van der Waals surface area contributed by atoms with E-state index < -0.39 is 0 Å². The molecule has 11 heavy (non-hydrogen) atoms. The molecule has 1 N–H and O–H groups in total. The highest BCUT2D eigenvalue weighted by Crippen LogP contribution is 2.02. The Hall–Kier alpha value is -1.24. The van der Waals surface area contributed by atoms with E-state index >= 15 is 0 Å². The molecule has 0 aromatic heterocycles. The normalized spacial score (nSPS) is 9.64. The maximum absolute atomic E-state index is 8.82. The average Bonchev–Trinajstić information content (AvgIpc) is 1.86. The Morgan fingerprint density at radius 1 is 1.27 bits per heavy atom. The van der Waals surface area contributed by atoms with Crippen LogP contribution in [-0.2, 0) is 0 Å². The summed E-state index contributed by atoms with van der Waals surface area (Å²) in [5, 5.41) is 8.82. The lowest BCUT2D eigenvalue weighted by Gasteiger charge is -1.92. The summed E-state index contributed by atoms with van der Waals surface area (Å²) in [4.78, 5) is 0. The number of hydrogen-bond acceptors (Lipinski definition) is 1. The fourth-order valence-corrected chi connectivity index (χ4v) is 0.453. The van der Waals surface area contributed by atoms with Crippen molar-refractivity contribution in [2.45, 2.75) is 13.8 Å². The minimum absolute atomic E-state index is 0.0170. The van der Waals surface area contributed by atoms with Gasteiger partial charge in [0, 0.05) is 5.57 Å². The van der Waals surface area contributed by atoms with Gasteiger partial charge in [0.05, 0.1) is 0 Å². The van der Waals surface area contributed by atoms with Gasteiger partial charge in [-0.2, -0.15) is 0 Å². The maximum Gasteiger partial charge on any atom is 0.115 e. The second-order valence-electron chi connectivity index (χ2n) is 2.58. The monoisotopic (exact) mass is 150 g/mol. The molecule has 0 aliphatic carbocycles. The zero-order valence-electron chi connectivity index (χ0n) is 7.09. The highest BCUT2D eigenvalue weighted by Gasteiger charge is 1.87. The molecule has 0 unspecified atom stereocenters. The Labute approximate surface area is 68.1 Å². The van der Waals surface area contributed by atoms with Crippen molar-refractivity contribution in [3.63, 3.8) is 0 Å². The van der Waals surface area contributed by atoms with Gasteiger partial charge in [0.2, 0.25) is 0 Å². The smallest absolute Gasteiger partial charge is 0.115 e. The first-order valence-corrected chi connectivity index (χ1v) is 3.42. The Morgan fingerprint density at radius 3 is 2.18 bits per heavy atom. The summed E-state index contributed by atoms with van der Waals surface area (Å²) in [5.74, 6) is 0.0170. The third-order valence-electron chi connectivity index (χ3n) is 1.10. The van der Waals surface area contributed by atoms with E-state index in [1.807, 2.05) is 26.0 Å². The van der Waals surface area contributed by atoms with Crippen molar-refractivity contribution in [2.75, 3.05) is 0 Å². The summed E-state index contributed by atoms with van der Waals surface area (Å²) in [6, 6.07) is 0. The minimum atomic E-state index is 0.0170. The van der Waals surface area contributed by atoms with E-state index in [2.05, 4.69) is 13.2 Å². The van der Waals surface area contributed by atoms with Crippen molar-refractivity contribution in [3.05, 3.63) is 48.3 Å². The van der Waals surface area contributed by atoms with Crippen molar-refractivity contribution in [1.82, 2.24) is 0 Å². The third kappa shape index (κ3) is 5.22. The summed E-state index contributed by atoms with van der Waals surface area (Å²) in [7, 11) is 0. The molecule has 0 aliphatic rings. The molecule has 0 saturated carbocycles. The van der Waals surface area contributed by atoms with E-state index in [4.69, 9.17) is 5.11 Å². The van der Waals surface area contributed by atoms with Gasteiger partial charge in [-0.25, -0.2) is 0 Å². The van der Waals surface area contributed by atoms with Crippen LogP contribution in [0.5, 0.6) is 0 Å². The SMILES string of the molecule is C=C(O)C(=C)/C=C\C=C(C)C. The predicted molar refractivity (Wildman–Crippen MR) is 49.5 cm³/mol. The molecule has 1 heteroatoms. The van der Waals surface area contributed by atoms with Crippen LogP contribution >= 0.6 is 0 Å². The van der Waals surface area contributed by atoms with Gasteiger partial charge in [-0.3, -0.25) is 0 Å². The molecule has 0 bridgehead atoms. The van der Waals surface area contributed by atoms with Crippen LogP contribution in [0.4, 0.5) is 0 Å². The largest absolute Gasteiger partial charge is 0.508 e. The van der Waals surface area contributed by atoms with E-state index in [9.17, 15) is 0 Å². The van der Waals surface area contributed by atoms with E-state index in [0.717, 1.165) is 0 Å². The molecule has 0 heterocycles. The summed E-state index contributed by atoms with van der Waals surface area (Å²) >= 11 is 0. The number of allylic oxidation sites excluding steroid dienone is 4. The van der Waals surface area contributed by atoms with E-state index in [1.165, 1.54) is 5.57 Å². The van der Waals surface area contributed by atoms with Gasteiger partial charge in [0.25, 0.3) is 0 Å². The van der Waals surface area contributed by atoms with Gasteiger partial charge in [-0.05, 0) is 13.8 Å². The summed E-state index contributed by atoms with van der Waals surface area (Å²) in [6.07, 6.45) is 5.49. The zero-order valence-corrected chi connectivity index (χ0v) is 7.09. The Morgan fingerprint density at radius 2 is 1.82 bits per heavy atom. The molecule has 0 fully saturated rings. The zero-order chi connectivity index (χ0) is 8.85. The van der Waals surface area contributed by atoms with Crippen LogP contribution in [0.25, 0.3) is 0 Å². The van der Waals surface area contributed by atoms with Gasteiger partial charge in [0.15, 0.2) is 0 Å². The number of aliphatic hydroxyl groups excluding tert-OH is 1. The molecular weight excluding hydrogens is 136 g/mol. The molecule has 0 aromatic carbocycles. The molecule has 1 nitrogen and oxygen atoms in total. The highest BCUT2D eigenvalue weighted by atomic mass is 16.3. The highest BCUT2D eigenvalue weighted by molar-refractivity contribution is 5.32. The van der Waals surface area contributed by atoms with Crippen molar-refractivity contribution in [1.29, 1.82) is 0 Å². The van der Waals surface area contributed by atoms with E-state index in [1.54, 1.807) is 6.08 Å². The molecule has 60 valence electrons. The summed E-state index contributed by atoms with van der Waals surface area (Å²) in [5.41, 5.74) is 1.75. The predicted octanol–water partition coefficient (Wildman–Crippen LogP) is 3.14.